The van der Waals surface area contributed by atoms with Gasteiger partial charge in [-0.2, -0.15) is 0 Å². The molecule has 23 heavy (non-hydrogen) atoms. The van der Waals surface area contributed by atoms with E-state index in [1.165, 1.54) is 0 Å². The third-order valence-electron chi connectivity index (χ3n) is 4.55. The van der Waals surface area contributed by atoms with Crippen molar-refractivity contribution in [1.29, 1.82) is 0 Å². The predicted molar refractivity (Wildman–Crippen MR) is 86.6 cm³/mol. The Morgan fingerprint density at radius 1 is 0.913 bits per heavy atom. The van der Waals surface area contributed by atoms with Gasteiger partial charge in [-0.3, -0.25) is 9.88 Å². The molecule has 1 aliphatic heterocycles. The molecule has 4 atom stereocenters. The average molecular weight is 314 g/mol. The van der Waals surface area contributed by atoms with E-state index < -0.39 is 18.2 Å². The highest BCUT2D eigenvalue weighted by Gasteiger charge is 2.46. The molecular weight excluding hydrogens is 292 g/mol. The van der Waals surface area contributed by atoms with E-state index in [4.69, 9.17) is 0 Å². The first-order chi connectivity index (χ1) is 11.2. The topological polar surface area (TPSA) is 76.8 Å². The Bertz CT molecular complexity index is 608. The van der Waals surface area contributed by atoms with Crippen LogP contribution in [0.25, 0.3) is 0 Å². The summed E-state index contributed by atoms with van der Waals surface area (Å²) in [6.07, 6.45) is 2.26. The van der Waals surface area contributed by atoms with Crippen molar-refractivity contribution in [3.05, 3.63) is 66.0 Å². The number of likely N-dealkylation sites (tertiary alicyclic amines) is 1. The van der Waals surface area contributed by atoms with Crippen LogP contribution in [0.15, 0.2) is 54.9 Å². The molecule has 3 rings (SSSR count). The number of aliphatic hydroxyl groups excluding tert-OH is 3. The fourth-order valence-electron chi connectivity index (χ4n) is 3.34. The van der Waals surface area contributed by atoms with Crippen molar-refractivity contribution in [2.24, 2.45) is 0 Å². The van der Waals surface area contributed by atoms with Crippen molar-refractivity contribution >= 4 is 0 Å². The number of benzene rings is 1. The summed E-state index contributed by atoms with van der Waals surface area (Å²) in [5, 5.41) is 30.4. The fraction of sp³-hybridized carbons (Fsp3) is 0.389. The van der Waals surface area contributed by atoms with Crippen molar-refractivity contribution in [2.45, 2.75) is 37.3 Å². The smallest absolute Gasteiger partial charge is 0.0991 e. The van der Waals surface area contributed by atoms with Gasteiger partial charge in [0.15, 0.2) is 0 Å². The number of pyridine rings is 1. The van der Waals surface area contributed by atoms with Crippen molar-refractivity contribution in [3.63, 3.8) is 0 Å². The Balaban J connectivity index is 1.84. The van der Waals surface area contributed by atoms with E-state index in [0.29, 0.717) is 13.0 Å². The van der Waals surface area contributed by atoms with Crippen molar-refractivity contribution in [3.8, 4) is 0 Å². The van der Waals surface area contributed by atoms with E-state index in [-0.39, 0.29) is 12.6 Å². The number of nitrogens with zero attached hydrogens (tertiary/aromatic N) is 2. The van der Waals surface area contributed by atoms with Gasteiger partial charge in [-0.05, 0) is 23.6 Å². The molecule has 0 amide bonds. The molecule has 0 unspecified atom stereocenters. The molecule has 2 heterocycles. The van der Waals surface area contributed by atoms with Gasteiger partial charge in [0.1, 0.15) is 0 Å². The Morgan fingerprint density at radius 2 is 1.61 bits per heavy atom. The quantitative estimate of drug-likeness (QED) is 0.753. The largest absolute Gasteiger partial charge is 0.395 e. The van der Waals surface area contributed by atoms with Crippen LogP contribution >= 0.6 is 0 Å². The average Bonchev–Trinajstić information content (AvgIpc) is 2.81. The molecule has 0 spiro atoms. The molecule has 1 aromatic carbocycles. The van der Waals surface area contributed by atoms with Gasteiger partial charge in [0, 0.05) is 25.0 Å². The Kier molecular flexibility index (Phi) is 5.03. The second-order valence-electron chi connectivity index (χ2n) is 6.02. The van der Waals surface area contributed by atoms with Gasteiger partial charge >= 0.3 is 0 Å². The van der Waals surface area contributed by atoms with Crippen LogP contribution in [-0.4, -0.2) is 56.1 Å². The van der Waals surface area contributed by atoms with Crippen LogP contribution in [-0.2, 0) is 13.0 Å². The summed E-state index contributed by atoms with van der Waals surface area (Å²) < 4.78 is 0. The first-order valence-electron chi connectivity index (χ1n) is 7.86. The van der Waals surface area contributed by atoms with E-state index in [2.05, 4.69) is 4.98 Å². The van der Waals surface area contributed by atoms with Crippen molar-refractivity contribution < 1.29 is 15.3 Å². The molecule has 0 saturated carbocycles. The molecule has 5 nitrogen and oxygen atoms in total. The van der Waals surface area contributed by atoms with Crippen LogP contribution in [0.3, 0.4) is 0 Å². The van der Waals surface area contributed by atoms with Crippen molar-refractivity contribution in [2.75, 3.05) is 6.61 Å². The van der Waals surface area contributed by atoms with Gasteiger partial charge in [0.2, 0.25) is 0 Å². The maximum Gasteiger partial charge on any atom is 0.0991 e. The van der Waals surface area contributed by atoms with Crippen LogP contribution in [0.2, 0.25) is 0 Å². The highest BCUT2D eigenvalue weighted by molar-refractivity contribution is 5.19. The van der Waals surface area contributed by atoms with Gasteiger partial charge in [0.25, 0.3) is 0 Å². The van der Waals surface area contributed by atoms with Crippen LogP contribution in [0.1, 0.15) is 11.1 Å². The predicted octanol–water partition coefficient (Wildman–Crippen LogP) is 0.591. The van der Waals surface area contributed by atoms with Crippen LogP contribution in [0.4, 0.5) is 0 Å². The second-order valence-corrected chi connectivity index (χ2v) is 6.02. The number of aromatic nitrogens is 1. The van der Waals surface area contributed by atoms with Gasteiger partial charge in [-0.1, -0.05) is 36.4 Å². The van der Waals surface area contributed by atoms with Gasteiger partial charge in [-0.15, -0.1) is 0 Å². The molecule has 1 fully saturated rings. The zero-order valence-electron chi connectivity index (χ0n) is 12.9. The van der Waals surface area contributed by atoms with Crippen LogP contribution in [0, 0.1) is 0 Å². The monoisotopic (exact) mass is 314 g/mol. The number of hydrogen-bond acceptors (Lipinski definition) is 5. The Hall–Kier alpha value is -1.79. The minimum atomic E-state index is -0.953. The van der Waals surface area contributed by atoms with Crippen LogP contribution < -0.4 is 0 Å². The zero-order chi connectivity index (χ0) is 16.2. The summed E-state index contributed by atoms with van der Waals surface area (Å²) in [6.45, 7) is 0.342. The van der Waals surface area contributed by atoms with E-state index >= 15 is 0 Å². The molecule has 1 aromatic heterocycles. The molecular formula is C18H22N2O3. The lowest BCUT2D eigenvalue weighted by Crippen LogP contribution is -2.41. The molecule has 1 aliphatic rings. The van der Waals surface area contributed by atoms with E-state index in [1.54, 1.807) is 12.4 Å². The number of hydrogen-bond donors (Lipinski definition) is 3. The van der Waals surface area contributed by atoms with E-state index in [0.717, 1.165) is 11.1 Å². The highest BCUT2D eigenvalue weighted by atomic mass is 16.3. The van der Waals surface area contributed by atoms with Crippen LogP contribution in [0.5, 0.6) is 0 Å². The summed E-state index contributed by atoms with van der Waals surface area (Å²) in [7, 11) is 0. The molecule has 5 heteroatoms. The number of aliphatic hydroxyl groups is 3. The molecule has 2 aromatic rings. The Labute approximate surface area is 135 Å². The van der Waals surface area contributed by atoms with Gasteiger partial charge in [0.05, 0.1) is 24.9 Å². The Morgan fingerprint density at radius 3 is 2.26 bits per heavy atom. The first kappa shape index (κ1) is 16.1. The molecule has 122 valence electrons. The lowest BCUT2D eigenvalue weighted by molar-refractivity contribution is 0.0178. The SMILES string of the molecule is OC[C@@H]1[C@@H](O)[C@@H](O)[C@H](Cc2ccccc2)N1Cc1cccnc1. The normalized spacial score (nSPS) is 28.1. The lowest BCUT2D eigenvalue weighted by Gasteiger charge is -2.29. The maximum absolute atomic E-state index is 10.5. The van der Waals surface area contributed by atoms with Gasteiger partial charge in [-0.25, -0.2) is 0 Å². The molecule has 0 radical (unpaired) electrons. The first-order valence-corrected chi connectivity index (χ1v) is 7.86. The zero-order valence-corrected chi connectivity index (χ0v) is 12.9. The molecule has 0 aliphatic carbocycles. The third kappa shape index (κ3) is 3.43. The lowest BCUT2D eigenvalue weighted by atomic mass is 10.0. The number of rotatable bonds is 5. The van der Waals surface area contributed by atoms with Crippen molar-refractivity contribution in [1.82, 2.24) is 9.88 Å². The standard InChI is InChI=1S/C18H22N2O3/c21-12-16-18(23)17(22)15(9-13-5-2-1-3-6-13)20(16)11-14-7-4-8-19-10-14/h1-8,10,15-18,21-23H,9,11-12H2/t15-,16+,17-,18+/m0/s1. The summed E-state index contributed by atoms with van der Waals surface area (Å²) in [5.41, 5.74) is 2.09. The highest BCUT2D eigenvalue weighted by Crippen LogP contribution is 2.29. The maximum atomic E-state index is 10.5. The molecule has 1 saturated heterocycles. The molecule has 3 N–H and O–H groups in total. The molecule has 0 bridgehead atoms. The van der Waals surface area contributed by atoms with E-state index in [9.17, 15) is 15.3 Å². The summed E-state index contributed by atoms with van der Waals surface area (Å²) in [6, 6.07) is 13.0. The fourth-order valence-corrected chi connectivity index (χ4v) is 3.34. The minimum absolute atomic E-state index is 0.191. The van der Waals surface area contributed by atoms with Gasteiger partial charge < -0.3 is 15.3 Å². The summed E-state index contributed by atoms with van der Waals surface area (Å²) in [4.78, 5) is 6.10. The van der Waals surface area contributed by atoms with E-state index in [1.807, 2.05) is 47.4 Å². The summed E-state index contributed by atoms with van der Waals surface area (Å²) >= 11 is 0. The third-order valence-corrected chi connectivity index (χ3v) is 4.55. The minimum Gasteiger partial charge on any atom is -0.395 e. The summed E-state index contributed by atoms with van der Waals surface area (Å²) in [5.74, 6) is 0. The second kappa shape index (κ2) is 7.19.